The number of rotatable bonds is 14. The van der Waals surface area contributed by atoms with Crippen LogP contribution in [0, 0.1) is 0 Å². The van der Waals surface area contributed by atoms with Gasteiger partial charge >= 0.3 is 0 Å². The lowest BCUT2D eigenvalue weighted by atomic mass is 9.88. The van der Waals surface area contributed by atoms with E-state index in [2.05, 4.69) is 73.7 Å². The number of allylic oxidation sites excluding steroid dienone is 3. The number of hydrogen-bond donors (Lipinski definition) is 1. The average molecular weight is 499 g/mol. The predicted molar refractivity (Wildman–Crippen MR) is 145 cm³/mol. The molecule has 1 heterocycles. The maximum Gasteiger partial charge on any atom is 0.192 e. The molecule has 4 atom stereocenters. The number of methoxy groups -OCH3 is 1. The second kappa shape index (κ2) is 13.2. The Hall–Kier alpha value is -0.503. The Balaban J connectivity index is 3.14. The normalized spacial score (nSPS) is 24.7. The van der Waals surface area contributed by atoms with Gasteiger partial charge in [-0.1, -0.05) is 44.1 Å². The van der Waals surface area contributed by atoms with Gasteiger partial charge in [0, 0.05) is 7.11 Å². The zero-order chi connectivity index (χ0) is 26.2. The third-order valence-electron chi connectivity index (χ3n) is 7.79. The molecule has 34 heavy (non-hydrogen) atoms. The van der Waals surface area contributed by atoms with Crippen molar-refractivity contribution in [3.05, 3.63) is 23.3 Å². The molecule has 200 valence electrons. The first-order chi connectivity index (χ1) is 15.6. The lowest BCUT2D eigenvalue weighted by molar-refractivity contribution is -0.204. The van der Waals surface area contributed by atoms with Gasteiger partial charge < -0.3 is 23.7 Å². The third-order valence-corrected chi connectivity index (χ3v) is 12.3. The highest BCUT2D eigenvalue weighted by Crippen LogP contribution is 2.45. The first kappa shape index (κ1) is 31.5. The highest BCUT2D eigenvalue weighted by Gasteiger charge is 2.51. The molecule has 0 aromatic carbocycles. The minimum absolute atomic E-state index is 0.00871. The van der Waals surface area contributed by atoms with Gasteiger partial charge in [0.2, 0.25) is 0 Å². The lowest BCUT2D eigenvalue weighted by Crippen LogP contribution is -2.52. The number of aliphatic hydroxyl groups excluding tert-OH is 1. The lowest BCUT2D eigenvalue weighted by Gasteiger charge is -2.45. The molecule has 1 saturated heterocycles. The summed E-state index contributed by atoms with van der Waals surface area (Å²) in [5.74, 6) is 0. The minimum atomic E-state index is -2.00. The van der Waals surface area contributed by atoms with Gasteiger partial charge in [-0.15, -0.1) is 0 Å². The Morgan fingerprint density at radius 3 is 2.32 bits per heavy atom. The van der Waals surface area contributed by atoms with Crippen molar-refractivity contribution in [1.29, 1.82) is 0 Å². The van der Waals surface area contributed by atoms with Crippen molar-refractivity contribution in [2.24, 2.45) is 0 Å². The van der Waals surface area contributed by atoms with Crippen molar-refractivity contribution >= 4 is 8.32 Å². The van der Waals surface area contributed by atoms with Crippen molar-refractivity contribution in [1.82, 2.24) is 0 Å². The SMILES string of the molecule is COCO[C@@](C)(CCC=C(C)C)[C@H]1CC[C@](C)([C@H](CC/C=C(\C)CO)O[Si](C)(C)C(C)(C)C)O1. The Bertz CT molecular complexity index is 677. The van der Waals surface area contributed by atoms with E-state index in [-0.39, 0.29) is 36.2 Å². The maximum atomic E-state index is 9.41. The van der Waals surface area contributed by atoms with Gasteiger partial charge in [-0.05, 0) is 91.3 Å². The second-order valence-electron chi connectivity index (χ2n) is 12.3. The number of ether oxygens (including phenoxy) is 3. The topological polar surface area (TPSA) is 57.2 Å². The van der Waals surface area contributed by atoms with Crippen LogP contribution in [0.25, 0.3) is 0 Å². The molecule has 1 N–H and O–H groups in total. The molecule has 1 fully saturated rings. The van der Waals surface area contributed by atoms with E-state index in [4.69, 9.17) is 18.6 Å². The maximum absolute atomic E-state index is 9.41. The largest absolute Gasteiger partial charge is 0.411 e. The Labute approximate surface area is 211 Å². The summed E-state index contributed by atoms with van der Waals surface area (Å²) in [4.78, 5) is 0. The summed E-state index contributed by atoms with van der Waals surface area (Å²) < 4.78 is 25.4. The quantitative estimate of drug-likeness (QED) is 0.156. The summed E-state index contributed by atoms with van der Waals surface area (Å²) in [7, 11) is -0.332. The van der Waals surface area contributed by atoms with E-state index in [0.717, 1.165) is 44.1 Å². The molecule has 0 aromatic rings. The molecule has 1 aliphatic heterocycles. The molecule has 0 aliphatic carbocycles. The summed E-state index contributed by atoms with van der Waals surface area (Å²) in [6, 6.07) is 0. The molecule has 1 aliphatic rings. The van der Waals surface area contributed by atoms with Crippen LogP contribution in [0.4, 0.5) is 0 Å². The minimum Gasteiger partial charge on any atom is -0.411 e. The van der Waals surface area contributed by atoms with E-state index < -0.39 is 13.9 Å². The van der Waals surface area contributed by atoms with Crippen molar-refractivity contribution in [2.45, 2.75) is 135 Å². The molecule has 0 radical (unpaired) electrons. The number of hydrogen-bond acceptors (Lipinski definition) is 5. The van der Waals surface area contributed by atoms with Crippen LogP contribution in [0.15, 0.2) is 23.3 Å². The van der Waals surface area contributed by atoms with Crippen LogP contribution in [-0.4, -0.2) is 57.3 Å². The molecule has 6 heteroatoms. The van der Waals surface area contributed by atoms with Crippen LogP contribution in [-0.2, 0) is 18.6 Å². The fourth-order valence-electron chi connectivity index (χ4n) is 4.26. The molecule has 0 unspecified atom stereocenters. The van der Waals surface area contributed by atoms with E-state index in [9.17, 15) is 5.11 Å². The zero-order valence-corrected chi connectivity index (χ0v) is 25.0. The average Bonchev–Trinajstić information content (AvgIpc) is 3.14. The fraction of sp³-hybridized carbons (Fsp3) is 0.857. The fourth-order valence-corrected chi connectivity index (χ4v) is 5.69. The molecule has 0 spiro atoms. The van der Waals surface area contributed by atoms with Crippen LogP contribution < -0.4 is 0 Å². The van der Waals surface area contributed by atoms with E-state index in [0.29, 0.717) is 0 Å². The highest BCUT2D eigenvalue weighted by atomic mass is 28.4. The third kappa shape index (κ3) is 9.18. The smallest absolute Gasteiger partial charge is 0.192 e. The summed E-state index contributed by atoms with van der Waals surface area (Å²) >= 11 is 0. The molecular formula is C28H54O5Si. The van der Waals surface area contributed by atoms with Gasteiger partial charge in [0.1, 0.15) is 6.79 Å². The van der Waals surface area contributed by atoms with Crippen LogP contribution in [0.1, 0.15) is 93.9 Å². The predicted octanol–water partition coefficient (Wildman–Crippen LogP) is 7.16. The summed E-state index contributed by atoms with van der Waals surface area (Å²) in [6.07, 6.45) is 9.83. The van der Waals surface area contributed by atoms with Crippen molar-refractivity contribution < 1.29 is 23.7 Å². The van der Waals surface area contributed by atoms with Crippen LogP contribution >= 0.6 is 0 Å². The monoisotopic (exact) mass is 498 g/mol. The summed E-state index contributed by atoms with van der Waals surface area (Å²) in [5, 5.41) is 9.53. The van der Waals surface area contributed by atoms with Gasteiger partial charge in [-0.3, -0.25) is 0 Å². The van der Waals surface area contributed by atoms with E-state index in [1.54, 1.807) is 7.11 Å². The molecule has 5 nitrogen and oxygen atoms in total. The summed E-state index contributed by atoms with van der Waals surface area (Å²) in [5.41, 5.74) is 1.52. The molecule has 0 aromatic heterocycles. The Morgan fingerprint density at radius 1 is 1.15 bits per heavy atom. The Morgan fingerprint density at radius 2 is 1.79 bits per heavy atom. The van der Waals surface area contributed by atoms with Crippen molar-refractivity contribution in [2.75, 3.05) is 20.5 Å². The van der Waals surface area contributed by atoms with Crippen molar-refractivity contribution in [3.63, 3.8) is 0 Å². The summed E-state index contributed by atoms with van der Waals surface area (Å²) in [6.45, 7) is 22.5. The molecule has 0 saturated carbocycles. The van der Waals surface area contributed by atoms with E-state index in [1.807, 2.05) is 6.92 Å². The standard InChI is InChI=1S/C28H54O5Si/c1-22(2)14-13-18-27(7,31-21-30-9)24-17-19-28(8,32-24)25(16-12-15-23(3)20-29)33-34(10,11)26(4,5)6/h14-15,24-25,29H,12-13,16-21H2,1-11H3/b23-15+/t24-,25+,27+,28-/m1/s1. The van der Waals surface area contributed by atoms with Gasteiger partial charge in [0.05, 0.1) is 30.0 Å². The molecule has 0 amide bonds. The van der Waals surface area contributed by atoms with Gasteiger partial charge in [0.25, 0.3) is 0 Å². The van der Waals surface area contributed by atoms with E-state index in [1.165, 1.54) is 5.57 Å². The molecular weight excluding hydrogens is 444 g/mol. The first-order valence-electron chi connectivity index (χ1n) is 13.0. The Kier molecular flexibility index (Phi) is 12.2. The zero-order valence-electron chi connectivity index (χ0n) is 24.0. The van der Waals surface area contributed by atoms with Crippen LogP contribution in [0.3, 0.4) is 0 Å². The van der Waals surface area contributed by atoms with Crippen molar-refractivity contribution in [3.8, 4) is 0 Å². The number of aliphatic hydroxyl groups is 1. The first-order valence-corrected chi connectivity index (χ1v) is 15.9. The van der Waals surface area contributed by atoms with Gasteiger partial charge in [0.15, 0.2) is 8.32 Å². The highest BCUT2D eigenvalue weighted by molar-refractivity contribution is 6.74. The van der Waals surface area contributed by atoms with Gasteiger partial charge in [-0.25, -0.2) is 0 Å². The van der Waals surface area contributed by atoms with Crippen LogP contribution in [0.5, 0.6) is 0 Å². The van der Waals surface area contributed by atoms with E-state index >= 15 is 0 Å². The second-order valence-corrected chi connectivity index (χ2v) is 17.1. The molecule has 0 bridgehead atoms. The molecule has 1 rings (SSSR count). The van der Waals surface area contributed by atoms with Gasteiger partial charge in [-0.2, -0.15) is 0 Å². The van der Waals surface area contributed by atoms with Crippen LogP contribution in [0.2, 0.25) is 18.1 Å².